The molecule has 16 heavy (non-hydrogen) atoms. The van der Waals surface area contributed by atoms with Gasteiger partial charge in [-0.3, -0.25) is 0 Å². The maximum absolute atomic E-state index is 5.78. The Balaban J connectivity index is 2.16. The van der Waals surface area contributed by atoms with Gasteiger partial charge in [-0.2, -0.15) is 0 Å². The number of allylic oxidation sites excluding steroid dienone is 2. The quantitative estimate of drug-likeness (QED) is 0.591. The minimum Gasteiger partial charge on any atom is -0.468 e. The summed E-state index contributed by atoms with van der Waals surface area (Å²) in [6.45, 7) is 7.12. The first-order valence-corrected chi connectivity index (χ1v) is 6.32. The molecule has 0 spiro atoms. The van der Waals surface area contributed by atoms with Crippen LogP contribution in [-0.2, 0) is 11.8 Å². The molecular weight excluding hydrogens is 196 g/mol. The van der Waals surface area contributed by atoms with Gasteiger partial charge in [0.05, 0.1) is 6.26 Å². The molecule has 2 aliphatic rings. The molecule has 1 nitrogen and oxygen atoms in total. The van der Waals surface area contributed by atoms with Gasteiger partial charge in [0.1, 0.15) is 5.76 Å². The third kappa shape index (κ3) is 1.17. The molecule has 0 aliphatic heterocycles. The van der Waals surface area contributed by atoms with E-state index >= 15 is 0 Å². The van der Waals surface area contributed by atoms with Gasteiger partial charge in [0.25, 0.3) is 0 Å². The predicted molar refractivity (Wildman–Crippen MR) is 65.5 cm³/mol. The van der Waals surface area contributed by atoms with Crippen LogP contribution < -0.4 is 0 Å². The first kappa shape index (κ1) is 10.2. The minimum atomic E-state index is 0.166. The molecular formula is C15H20O. The Hall–Kier alpha value is -0.980. The molecule has 0 amide bonds. The lowest BCUT2D eigenvalue weighted by molar-refractivity contribution is 0.227. The zero-order chi connectivity index (χ0) is 11.4. The first-order valence-electron chi connectivity index (χ1n) is 6.32. The molecule has 3 rings (SSSR count). The van der Waals surface area contributed by atoms with E-state index in [-0.39, 0.29) is 5.41 Å². The normalized spacial score (nSPS) is 31.6. The lowest BCUT2D eigenvalue weighted by atomic mass is 9.57. The summed E-state index contributed by atoms with van der Waals surface area (Å²) in [5.74, 6) is 1.23. The molecule has 1 aromatic rings. The molecule has 0 N–H and O–H groups in total. The van der Waals surface area contributed by atoms with Crippen LogP contribution >= 0.6 is 0 Å². The third-order valence-corrected chi connectivity index (χ3v) is 4.58. The van der Waals surface area contributed by atoms with Crippen molar-refractivity contribution in [2.24, 2.45) is 5.41 Å². The monoisotopic (exact) mass is 216 g/mol. The average Bonchev–Trinajstić information content (AvgIpc) is 2.65. The standard InChI is InChI=1S/C15H20O/c1-14(2)8-4-9-15(3)12(14)6-5-11-7-10-16-13(11)15/h6-7,10H,4-5,8-9H2,1-3H3/t15-/m0/s1. The van der Waals surface area contributed by atoms with Crippen LogP contribution in [0.4, 0.5) is 0 Å². The Labute approximate surface area is 97.5 Å². The van der Waals surface area contributed by atoms with Crippen LogP contribution in [0.1, 0.15) is 51.4 Å². The van der Waals surface area contributed by atoms with Crippen molar-refractivity contribution in [2.75, 3.05) is 0 Å². The maximum atomic E-state index is 5.78. The Bertz CT molecular complexity index is 450. The molecule has 1 fully saturated rings. The number of furan rings is 1. The number of hydrogen-bond acceptors (Lipinski definition) is 1. The summed E-state index contributed by atoms with van der Waals surface area (Å²) in [6, 6.07) is 2.13. The van der Waals surface area contributed by atoms with Crippen molar-refractivity contribution < 1.29 is 4.42 Å². The van der Waals surface area contributed by atoms with E-state index in [1.54, 1.807) is 5.57 Å². The van der Waals surface area contributed by atoms with Crippen molar-refractivity contribution >= 4 is 0 Å². The van der Waals surface area contributed by atoms with Crippen molar-refractivity contribution in [3.8, 4) is 0 Å². The summed E-state index contributed by atoms with van der Waals surface area (Å²) in [7, 11) is 0. The fourth-order valence-corrected chi connectivity index (χ4v) is 3.83. The molecule has 86 valence electrons. The summed E-state index contributed by atoms with van der Waals surface area (Å²) in [4.78, 5) is 0. The molecule has 1 heterocycles. The predicted octanol–water partition coefficient (Wildman–Crippen LogP) is 4.23. The van der Waals surface area contributed by atoms with Crippen LogP contribution in [0.2, 0.25) is 0 Å². The second-order valence-electron chi connectivity index (χ2n) is 6.17. The van der Waals surface area contributed by atoms with Gasteiger partial charge in [-0.05, 0) is 43.2 Å². The highest BCUT2D eigenvalue weighted by atomic mass is 16.3. The molecule has 0 aromatic carbocycles. The van der Waals surface area contributed by atoms with Gasteiger partial charge in [-0.15, -0.1) is 0 Å². The number of rotatable bonds is 0. The van der Waals surface area contributed by atoms with Crippen molar-refractivity contribution in [3.05, 3.63) is 35.3 Å². The summed E-state index contributed by atoms with van der Waals surface area (Å²) < 4.78 is 5.78. The van der Waals surface area contributed by atoms with Crippen LogP contribution in [0, 0.1) is 5.41 Å². The zero-order valence-corrected chi connectivity index (χ0v) is 10.5. The average molecular weight is 216 g/mol. The zero-order valence-electron chi connectivity index (χ0n) is 10.5. The van der Waals surface area contributed by atoms with Gasteiger partial charge in [-0.25, -0.2) is 0 Å². The van der Waals surface area contributed by atoms with Crippen molar-refractivity contribution in [2.45, 2.75) is 51.9 Å². The third-order valence-electron chi connectivity index (χ3n) is 4.58. The Morgan fingerprint density at radius 3 is 2.81 bits per heavy atom. The first-order chi connectivity index (χ1) is 7.54. The van der Waals surface area contributed by atoms with Gasteiger partial charge in [0.15, 0.2) is 0 Å². The number of fused-ring (bicyclic) bond motifs is 3. The highest BCUT2D eigenvalue weighted by Crippen LogP contribution is 2.54. The van der Waals surface area contributed by atoms with Gasteiger partial charge in [-0.1, -0.05) is 31.9 Å². The largest absolute Gasteiger partial charge is 0.468 e. The molecule has 0 saturated heterocycles. The van der Waals surface area contributed by atoms with Crippen LogP contribution in [0.15, 0.2) is 28.4 Å². The Morgan fingerprint density at radius 2 is 2.00 bits per heavy atom. The Kier molecular flexibility index (Phi) is 1.93. The van der Waals surface area contributed by atoms with Crippen LogP contribution in [0.5, 0.6) is 0 Å². The van der Waals surface area contributed by atoms with Crippen molar-refractivity contribution in [3.63, 3.8) is 0 Å². The minimum absolute atomic E-state index is 0.166. The van der Waals surface area contributed by atoms with Gasteiger partial charge >= 0.3 is 0 Å². The highest BCUT2D eigenvalue weighted by molar-refractivity contribution is 5.44. The van der Waals surface area contributed by atoms with Crippen molar-refractivity contribution in [1.82, 2.24) is 0 Å². The summed E-state index contributed by atoms with van der Waals surface area (Å²) >= 11 is 0. The fourth-order valence-electron chi connectivity index (χ4n) is 3.83. The molecule has 1 atom stereocenters. The van der Waals surface area contributed by atoms with Crippen LogP contribution in [0.25, 0.3) is 0 Å². The molecule has 0 radical (unpaired) electrons. The summed E-state index contributed by atoms with van der Waals surface area (Å²) in [5.41, 5.74) is 3.51. The lowest BCUT2D eigenvalue weighted by Gasteiger charge is -2.47. The van der Waals surface area contributed by atoms with E-state index < -0.39 is 0 Å². The molecule has 1 saturated carbocycles. The lowest BCUT2D eigenvalue weighted by Crippen LogP contribution is -2.39. The topological polar surface area (TPSA) is 13.1 Å². The second kappa shape index (κ2) is 3.03. The van der Waals surface area contributed by atoms with Gasteiger partial charge < -0.3 is 4.42 Å². The molecule has 2 aliphatic carbocycles. The molecule has 0 unspecified atom stereocenters. The van der Waals surface area contributed by atoms with E-state index in [2.05, 4.69) is 32.9 Å². The SMILES string of the molecule is CC1(C)CCC[C@@]2(C)C1=CCc1ccoc12. The molecule has 0 bridgehead atoms. The van der Waals surface area contributed by atoms with Crippen LogP contribution in [-0.4, -0.2) is 0 Å². The van der Waals surface area contributed by atoms with E-state index in [4.69, 9.17) is 4.42 Å². The van der Waals surface area contributed by atoms with Gasteiger partial charge in [0, 0.05) is 5.41 Å². The fraction of sp³-hybridized carbons (Fsp3) is 0.600. The Morgan fingerprint density at radius 1 is 1.19 bits per heavy atom. The summed E-state index contributed by atoms with van der Waals surface area (Å²) in [6.07, 6.45) is 9.22. The van der Waals surface area contributed by atoms with Crippen molar-refractivity contribution in [1.29, 1.82) is 0 Å². The summed E-state index contributed by atoms with van der Waals surface area (Å²) in [5, 5.41) is 0. The van der Waals surface area contributed by atoms with E-state index in [0.717, 1.165) is 6.42 Å². The molecule has 1 heteroatoms. The smallest absolute Gasteiger partial charge is 0.117 e. The van der Waals surface area contributed by atoms with E-state index in [1.807, 2.05) is 6.26 Å². The maximum Gasteiger partial charge on any atom is 0.117 e. The van der Waals surface area contributed by atoms with E-state index in [1.165, 1.54) is 30.6 Å². The molecule has 1 aromatic heterocycles. The number of hydrogen-bond donors (Lipinski definition) is 0. The van der Waals surface area contributed by atoms with Crippen LogP contribution in [0.3, 0.4) is 0 Å². The van der Waals surface area contributed by atoms with E-state index in [0.29, 0.717) is 5.41 Å². The van der Waals surface area contributed by atoms with Gasteiger partial charge in [0.2, 0.25) is 0 Å². The highest BCUT2D eigenvalue weighted by Gasteiger charge is 2.46. The second-order valence-corrected chi connectivity index (χ2v) is 6.17. The van der Waals surface area contributed by atoms with E-state index in [9.17, 15) is 0 Å².